The van der Waals surface area contributed by atoms with Crippen molar-refractivity contribution in [3.8, 4) is 6.07 Å². The lowest BCUT2D eigenvalue weighted by Gasteiger charge is -2.18. The van der Waals surface area contributed by atoms with Crippen LogP contribution in [0.4, 0.5) is 11.4 Å². The Balaban J connectivity index is 1.83. The van der Waals surface area contributed by atoms with Gasteiger partial charge < -0.3 is 5.32 Å². The minimum atomic E-state index is -3.84. The number of thiophene rings is 1. The quantitative estimate of drug-likeness (QED) is 0.516. The fourth-order valence-electron chi connectivity index (χ4n) is 2.41. The van der Waals surface area contributed by atoms with E-state index in [0.29, 0.717) is 26.4 Å². The molecule has 29 heavy (non-hydrogen) atoms. The summed E-state index contributed by atoms with van der Waals surface area (Å²) >= 11 is 9.97. The Labute approximate surface area is 185 Å². The Morgan fingerprint density at radius 1 is 1.17 bits per heavy atom. The number of sulfonamides is 1. The molecule has 0 spiro atoms. The Hall–Kier alpha value is -2.38. The summed E-state index contributed by atoms with van der Waals surface area (Å²) in [6.45, 7) is 0. The molecule has 1 aromatic heterocycles. The van der Waals surface area contributed by atoms with Gasteiger partial charge in [0.05, 0.1) is 21.8 Å². The Morgan fingerprint density at radius 3 is 2.52 bits per heavy atom. The van der Waals surface area contributed by atoms with Crippen molar-refractivity contribution < 1.29 is 13.2 Å². The molecule has 1 heterocycles. The number of halogens is 2. The summed E-state index contributed by atoms with van der Waals surface area (Å²) in [5.41, 5.74) is 1.08. The molecular weight excluding hydrogens is 498 g/mol. The number of benzene rings is 2. The number of nitriles is 1. The minimum absolute atomic E-state index is 0.0245. The highest BCUT2D eigenvalue weighted by molar-refractivity contribution is 9.10. The molecule has 3 rings (SSSR count). The molecule has 0 saturated carbocycles. The first-order chi connectivity index (χ1) is 13.7. The maximum atomic E-state index is 12.9. The van der Waals surface area contributed by atoms with Gasteiger partial charge in [-0.3, -0.25) is 9.10 Å². The number of rotatable bonds is 5. The smallest absolute Gasteiger partial charge is 0.273 e. The summed E-state index contributed by atoms with van der Waals surface area (Å²) in [5.74, 6) is -0.496. The molecule has 0 bridgehead atoms. The molecule has 6 nitrogen and oxygen atoms in total. The second-order valence-corrected chi connectivity index (χ2v) is 10.5. The van der Waals surface area contributed by atoms with Gasteiger partial charge in [-0.15, -0.1) is 11.3 Å². The van der Waals surface area contributed by atoms with Crippen LogP contribution in [0, 0.1) is 11.3 Å². The largest absolute Gasteiger partial charge is 0.320 e. The van der Waals surface area contributed by atoms with Crippen molar-refractivity contribution in [2.75, 3.05) is 16.7 Å². The lowest BCUT2D eigenvalue weighted by Crippen LogP contribution is -2.25. The SMILES string of the molecule is CN(c1ccc(Cl)cc1)S(=O)(=O)c1ccc(C(=O)Nc2ccc(Br)cc2C#N)s1. The first kappa shape index (κ1) is 21.3. The molecule has 0 atom stereocenters. The fourth-order valence-corrected chi connectivity index (χ4v) is 5.46. The van der Waals surface area contributed by atoms with Gasteiger partial charge in [0.15, 0.2) is 0 Å². The number of hydrogen-bond acceptors (Lipinski definition) is 5. The van der Waals surface area contributed by atoms with Gasteiger partial charge in [-0.1, -0.05) is 27.5 Å². The van der Waals surface area contributed by atoms with Crippen molar-refractivity contribution in [3.63, 3.8) is 0 Å². The van der Waals surface area contributed by atoms with Gasteiger partial charge in [0, 0.05) is 16.5 Å². The summed E-state index contributed by atoms with van der Waals surface area (Å²) in [5, 5.41) is 12.4. The lowest BCUT2D eigenvalue weighted by atomic mass is 10.2. The Morgan fingerprint density at radius 2 is 1.86 bits per heavy atom. The van der Waals surface area contributed by atoms with Crippen molar-refractivity contribution >= 4 is 66.2 Å². The molecule has 0 aliphatic rings. The van der Waals surface area contributed by atoms with Crippen LogP contribution < -0.4 is 9.62 Å². The van der Waals surface area contributed by atoms with Crippen LogP contribution in [0.3, 0.4) is 0 Å². The molecule has 0 radical (unpaired) electrons. The van der Waals surface area contributed by atoms with Gasteiger partial charge >= 0.3 is 0 Å². The van der Waals surface area contributed by atoms with Gasteiger partial charge in [-0.25, -0.2) is 8.42 Å². The van der Waals surface area contributed by atoms with Gasteiger partial charge in [0.1, 0.15) is 10.3 Å². The first-order valence-corrected chi connectivity index (χ1v) is 11.5. The summed E-state index contributed by atoms with van der Waals surface area (Å²) in [6, 6.07) is 16.1. The molecular formula is C19H13BrClN3O3S2. The highest BCUT2D eigenvalue weighted by Crippen LogP contribution is 2.29. The van der Waals surface area contributed by atoms with Gasteiger partial charge in [-0.05, 0) is 54.6 Å². The van der Waals surface area contributed by atoms with E-state index < -0.39 is 15.9 Å². The predicted octanol–water partition coefficient (Wildman–Crippen LogP) is 5.11. The van der Waals surface area contributed by atoms with E-state index in [1.165, 1.54) is 19.2 Å². The maximum Gasteiger partial charge on any atom is 0.273 e. The number of carbonyl (C=O) groups excluding carboxylic acids is 1. The van der Waals surface area contributed by atoms with Crippen LogP contribution in [-0.4, -0.2) is 21.4 Å². The summed E-state index contributed by atoms with van der Waals surface area (Å²) in [6.07, 6.45) is 0. The number of nitrogens with one attached hydrogen (secondary N) is 1. The van der Waals surface area contributed by atoms with Crippen molar-refractivity contribution in [2.24, 2.45) is 0 Å². The molecule has 148 valence electrons. The second-order valence-electron chi connectivity index (χ2n) is 5.82. The fraction of sp³-hybridized carbons (Fsp3) is 0.0526. The molecule has 3 aromatic rings. The van der Waals surface area contributed by atoms with E-state index in [0.717, 1.165) is 15.6 Å². The van der Waals surface area contributed by atoms with E-state index in [2.05, 4.69) is 21.2 Å². The zero-order valence-electron chi connectivity index (χ0n) is 14.9. The highest BCUT2D eigenvalue weighted by atomic mass is 79.9. The summed E-state index contributed by atoms with van der Waals surface area (Å²) in [7, 11) is -2.41. The number of carbonyl (C=O) groups is 1. The highest BCUT2D eigenvalue weighted by Gasteiger charge is 2.25. The van der Waals surface area contributed by atoms with Crippen LogP contribution >= 0.6 is 38.9 Å². The molecule has 1 amide bonds. The molecule has 0 aliphatic carbocycles. The van der Waals surface area contributed by atoms with E-state index >= 15 is 0 Å². The summed E-state index contributed by atoms with van der Waals surface area (Å²) in [4.78, 5) is 12.7. The summed E-state index contributed by atoms with van der Waals surface area (Å²) < 4.78 is 27.6. The average molecular weight is 511 g/mol. The van der Waals surface area contributed by atoms with Gasteiger partial charge in [0.2, 0.25) is 0 Å². The third-order valence-corrected chi connectivity index (χ3v) is 8.04. The van der Waals surface area contributed by atoms with Crippen LogP contribution in [0.15, 0.2) is 63.3 Å². The topological polar surface area (TPSA) is 90.3 Å². The normalized spacial score (nSPS) is 11.0. The van der Waals surface area contributed by atoms with Crippen molar-refractivity contribution in [3.05, 3.63) is 74.5 Å². The van der Waals surface area contributed by atoms with Crippen molar-refractivity contribution in [2.45, 2.75) is 4.21 Å². The second kappa shape index (κ2) is 8.55. The number of hydrogen-bond donors (Lipinski definition) is 1. The van der Waals surface area contributed by atoms with Crippen LogP contribution in [0.1, 0.15) is 15.2 Å². The molecule has 1 N–H and O–H groups in total. The zero-order chi connectivity index (χ0) is 21.2. The van der Waals surface area contributed by atoms with Crippen LogP contribution in [0.2, 0.25) is 5.02 Å². The van der Waals surface area contributed by atoms with E-state index in [1.807, 2.05) is 6.07 Å². The third kappa shape index (κ3) is 4.62. The number of amides is 1. The maximum absolute atomic E-state index is 12.9. The number of anilines is 2. The molecule has 0 fully saturated rings. The minimum Gasteiger partial charge on any atom is -0.320 e. The predicted molar refractivity (Wildman–Crippen MR) is 118 cm³/mol. The van der Waals surface area contributed by atoms with Crippen molar-refractivity contribution in [1.82, 2.24) is 0 Å². The Bertz CT molecular complexity index is 1220. The van der Waals surface area contributed by atoms with Crippen molar-refractivity contribution in [1.29, 1.82) is 5.26 Å². The van der Waals surface area contributed by atoms with E-state index in [4.69, 9.17) is 11.6 Å². The molecule has 10 heteroatoms. The molecule has 0 unspecified atom stereocenters. The molecule has 0 aliphatic heterocycles. The Kier molecular flexibility index (Phi) is 6.29. The lowest BCUT2D eigenvalue weighted by molar-refractivity contribution is 0.103. The molecule has 0 saturated heterocycles. The van der Waals surface area contributed by atoms with Gasteiger partial charge in [-0.2, -0.15) is 5.26 Å². The van der Waals surface area contributed by atoms with Crippen LogP contribution in [0.25, 0.3) is 0 Å². The standard InChI is InChI=1S/C19H13BrClN3O3S2/c1-24(15-5-3-14(21)4-6-15)29(26,27)18-9-8-17(28-18)19(25)23-16-7-2-13(20)10-12(16)11-22/h2-10H,1H3,(H,23,25). The number of nitrogens with zero attached hydrogens (tertiary/aromatic N) is 2. The van der Waals surface area contributed by atoms with E-state index in [9.17, 15) is 18.5 Å². The third-order valence-electron chi connectivity index (χ3n) is 3.96. The van der Waals surface area contributed by atoms with E-state index in [1.54, 1.807) is 42.5 Å². The monoisotopic (exact) mass is 509 g/mol. The van der Waals surface area contributed by atoms with Crippen LogP contribution in [-0.2, 0) is 10.0 Å². The van der Waals surface area contributed by atoms with E-state index in [-0.39, 0.29) is 9.09 Å². The van der Waals surface area contributed by atoms with Crippen LogP contribution in [0.5, 0.6) is 0 Å². The zero-order valence-corrected chi connectivity index (χ0v) is 18.9. The average Bonchev–Trinajstić information content (AvgIpc) is 3.20. The van der Waals surface area contributed by atoms with Gasteiger partial charge in [0.25, 0.3) is 15.9 Å². The first-order valence-electron chi connectivity index (χ1n) is 8.07. The molecule has 2 aromatic carbocycles.